The third-order valence-electron chi connectivity index (χ3n) is 2.59. The second kappa shape index (κ2) is 7.62. The number of aliphatic hydroxyl groups is 1. The first-order valence-corrected chi connectivity index (χ1v) is 6.31. The van der Waals surface area contributed by atoms with Crippen LogP contribution in [0.15, 0.2) is 0 Å². The van der Waals surface area contributed by atoms with E-state index in [1.165, 1.54) is 6.92 Å². The fourth-order valence-corrected chi connectivity index (χ4v) is 1.79. The van der Waals surface area contributed by atoms with E-state index in [1.807, 2.05) is 0 Å². The van der Waals surface area contributed by atoms with Crippen molar-refractivity contribution in [1.82, 2.24) is 9.97 Å². The highest BCUT2D eigenvalue weighted by Gasteiger charge is 2.27. The Morgan fingerprint density at radius 2 is 2.14 bits per heavy atom. The van der Waals surface area contributed by atoms with Gasteiger partial charge in [0.1, 0.15) is 5.69 Å². The zero-order valence-electron chi connectivity index (χ0n) is 11.7. The molecule has 21 heavy (non-hydrogen) atoms. The Hall–Kier alpha value is -2.10. The summed E-state index contributed by atoms with van der Waals surface area (Å²) in [5.41, 5.74) is -0.371. The summed E-state index contributed by atoms with van der Waals surface area (Å²) < 4.78 is 25.2. The van der Waals surface area contributed by atoms with Crippen molar-refractivity contribution in [3.05, 3.63) is 15.8 Å². The molecule has 10 heteroatoms. The maximum Gasteiger partial charge on any atom is 0.332 e. The lowest BCUT2D eigenvalue weighted by atomic mass is 10.3. The predicted octanol–water partition coefficient (Wildman–Crippen LogP) is 1.19. The van der Waals surface area contributed by atoms with E-state index in [0.717, 1.165) is 4.90 Å². The number of nitro groups is 1. The summed E-state index contributed by atoms with van der Waals surface area (Å²) >= 11 is 0. The molecule has 0 radical (unpaired) electrons. The zero-order valence-corrected chi connectivity index (χ0v) is 11.7. The molecule has 0 aliphatic rings. The molecule has 0 unspecified atom stereocenters. The lowest BCUT2D eigenvalue weighted by Crippen LogP contribution is -2.33. The van der Waals surface area contributed by atoms with Crippen LogP contribution in [-0.2, 0) is 0 Å². The molecule has 0 aliphatic carbocycles. The minimum absolute atomic E-state index is 0.0677. The number of hydrogen-bond donors (Lipinski definition) is 2. The van der Waals surface area contributed by atoms with Gasteiger partial charge < -0.3 is 15.3 Å². The van der Waals surface area contributed by atoms with Gasteiger partial charge >= 0.3 is 5.69 Å². The highest BCUT2D eigenvalue weighted by Crippen LogP contribution is 2.30. The summed E-state index contributed by atoms with van der Waals surface area (Å²) in [7, 11) is 0. The maximum absolute atomic E-state index is 12.6. The summed E-state index contributed by atoms with van der Waals surface area (Å²) in [6, 6.07) is 0. The molecule has 1 heterocycles. The van der Waals surface area contributed by atoms with E-state index in [2.05, 4.69) is 15.3 Å². The molecular formula is C11H17F2N5O3. The van der Waals surface area contributed by atoms with Crippen LogP contribution in [-0.4, -0.2) is 52.7 Å². The maximum atomic E-state index is 12.6. The van der Waals surface area contributed by atoms with E-state index in [9.17, 15) is 18.9 Å². The number of nitrogens with zero attached hydrogens (tertiary/aromatic N) is 4. The largest absolute Gasteiger partial charge is 0.395 e. The summed E-state index contributed by atoms with van der Waals surface area (Å²) in [4.78, 5) is 19.3. The van der Waals surface area contributed by atoms with Crippen LogP contribution < -0.4 is 10.2 Å². The minimum Gasteiger partial charge on any atom is -0.395 e. The average molecular weight is 305 g/mol. The first-order chi connectivity index (χ1) is 9.90. The number of nitrogens with one attached hydrogen (secondary N) is 1. The van der Waals surface area contributed by atoms with Crippen LogP contribution >= 0.6 is 0 Å². The second-order valence-corrected chi connectivity index (χ2v) is 4.15. The Balaban J connectivity index is 3.35. The van der Waals surface area contributed by atoms with Gasteiger partial charge in [-0.25, -0.2) is 13.8 Å². The molecule has 2 N–H and O–H groups in total. The lowest BCUT2D eigenvalue weighted by Gasteiger charge is -2.22. The van der Waals surface area contributed by atoms with Crippen molar-refractivity contribution < 1.29 is 18.8 Å². The van der Waals surface area contributed by atoms with Gasteiger partial charge in [0.2, 0.25) is 11.8 Å². The number of halogens is 2. The van der Waals surface area contributed by atoms with Gasteiger partial charge in [-0.2, -0.15) is 4.98 Å². The van der Waals surface area contributed by atoms with Crippen LogP contribution in [0, 0.1) is 17.0 Å². The van der Waals surface area contributed by atoms with Crippen molar-refractivity contribution in [2.45, 2.75) is 20.3 Å². The molecule has 118 valence electrons. The average Bonchev–Trinajstić information content (AvgIpc) is 2.36. The van der Waals surface area contributed by atoms with Crippen LogP contribution in [0.3, 0.4) is 0 Å². The molecule has 1 rings (SSSR count). The van der Waals surface area contributed by atoms with Crippen LogP contribution in [0.5, 0.6) is 0 Å². The lowest BCUT2D eigenvalue weighted by molar-refractivity contribution is -0.385. The molecule has 1 aromatic heterocycles. The van der Waals surface area contributed by atoms with E-state index in [-0.39, 0.29) is 24.0 Å². The highest BCUT2D eigenvalue weighted by atomic mass is 19.3. The van der Waals surface area contributed by atoms with Crippen LogP contribution in [0.25, 0.3) is 0 Å². The first-order valence-electron chi connectivity index (χ1n) is 6.31. The number of hydrogen-bond acceptors (Lipinski definition) is 7. The van der Waals surface area contributed by atoms with E-state index in [0.29, 0.717) is 6.54 Å². The van der Waals surface area contributed by atoms with E-state index < -0.39 is 30.2 Å². The summed E-state index contributed by atoms with van der Waals surface area (Å²) in [6.07, 6.45) is -2.71. The molecule has 8 nitrogen and oxygen atoms in total. The van der Waals surface area contributed by atoms with Gasteiger partial charge in [-0.1, -0.05) is 0 Å². The number of aryl methyl sites for hydroxylation is 1. The molecule has 0 fully saturated rings. The Labute approximate surface area is 120 Å². The third-order valence-corrected chi connectivity index (χ3v) is 2.59. The molecule has 0 amide bonds. The Morgan fingerprint density at radius 3 is 2.62 bits per heavy atom. The fraction of sp³-hybridized carbons (Fsp3) is 0.636. The Kier molecular flexibility index (Phi) is 6.15. The molecule has 1 aromatic rings. The zero-order chi connectivity index (χ0) is 16.0. The monoisotopic (exact) mass is 305 g/mol. The number of aliphatic hydroxyl groups excluding tert-OH is 1. The van der Waals surface area contributed by atoms with Crippen LogP contribution in [0.4, 0.5) is 26.2 Å². The second-order valence-electron chi connectivity index (χ2n) is 4.15. The van der Waals surface area contributed by atoms with Crippen molar-refractivity contribution in [1.29, 1.82) is 0 Å². The third kappa shape index (κ3) is 4.45. The van der Waals surface area contributed by atoms with Gasteiger partial charge in [0.15, 0.2) is 0 Å². The number of alkyl halides is 2. The van der Waals surface area contributed by atoms with E-state index in [1.54, 1.807) is 6.92 Å². The molecule has 0 atom stereocenters. The SMILES string of the molecule is CCNc1nc(C)c([N+](=O)[O-])c(N(CCO)CC(F)F)n1. The highest BCUT2D eigenvalue weighted by molar-refractivity contribution is 5.62. The van der Waals surface area contributed by atoms with Gasteiger partial charge in [0.05, 0.1) is 18.1 Å². The van der Waals surface area contributed by atoms with Crippen molar-refractivity contribution in [3.63, 3.8) is 0 Å². The molecular weight excluding hydrogens is 288 g/mol. The van der Waals surface area contributed by atoms with Crippen molar-refractivity contribution in [2.24, 2.45) is 0 Å². The Morgan fingerprint density at radius 1 is 1.48 bits per heavy atom. The van der Waals surface area contributed by atoms with Crippen LogP contribution in [0.1, 0.15) is 12.6 Å². The van der Waals surface area contributed by atoms with Crippen molar-refractivity contribution in [3.8, 4) is 0 Å². The number of aromatic nitrogens is 2. The van der Waals surface area contributed by atoms with E-state index in [4.69, 9.17) is 5.11 Å². The van der Waals surface area contributed by atoms with E-state index >= 15 is 0 Å². The molecule has 0 bridgehead atoms. The quantitative estimate of drug-likeness (QED) is 0.549. The Bertz CT molecular complexity index is 501. The van der Waals surface area contributed by atoms with Crippen LogP contribution in [0.2, 0.25) is 0 Å². The van der Waals surface area contributed by atoms with Gasteiger partial charge in [-0.3, -0.25) is 10.1 Å². The predicted molar refractivity (Wildman–Crippen MR) is 72.9 cm³/mol. The summed E-state index contributed by atoms with van der Waals surface area (Å²) in [6.45, 7) is 2.29. The van der Waals surface area contributed by atoms with Gasteiger partial charge in [-0.15, -0.1) is 0 Å². The normalized spacial score (nSPS) is 10.8. The standard InChI is InChI=1S/C11H17F2N5O3/c1-3-14-11-15-7(2)9(18(20)21)10(16-11)17(4-5-19)6-8(12)13/h8,19H,3-6H2,1-2H3,(H,14,15,16). The molecule has 0 aliphatic heterocycles. The molecule has 0 saturated heterocycles. The molecule has 0 spiro atoms. The summed E-state index contributed by atoms with van der Waals surface area (Å²) in [5, 5.41) is 22.9. The number of anilines is 2. The van der Waals surface area contributed by atoms with Gasteiger partial charge in [-0.05, 0) is 13.8 Å². The molecule has 0 aromatic carbocycles. The topological polar surface area (TPSA) is 104 Å². The summed E-state index contributed by atoms with van der Waals surface area (Å²) in [5.74, 6) is -0.106. The van der Waals surface area contributed by atoms with Gasteiger partial charge in [0, 0.05) is 13.1 Å². The number of rotatable bonds is 8. The van der Waals surface area contributed by atoms with Crippen molar-refractivity contribution >= 4 is 17.5 Å². The fourth-order valence-electron chi connectivity index (χ4n) is 1.79. The minimum atomic E-state index is -2.71. The smallest absolute Gasteiger partial charge is 0.332 e. The van der Waals surface area contributed by atoms with Gasteiger partial charge in [0.25, 0.3) is 6.43 Å². The molecule has 0 saturated carbocycles. The van der Waals surface area contributed by atoms with Crippen molar-refractivity contribution in [2.75, 3.05) is 36.5 Å². The first kappa shape index (κ1) is 17.0.